The van der Waals surface area contributed by atoms with Crippen LogP contribution in [0.15, 0.2) is 24.3 Å². The molecule has 110 valence electrons. The zero-order valence-electron chi connectivity index (χ0n) is 12.6. The standard InChI is InChI=1S/C16H24FN3/c1-4-19-16(3,13-18)10-7-11-20(5-2)15-9-6-8-14(17)12-15/h6,8-9,12,19H,4-5,7,10-11H2,1-3H3. The summed E-state index contributed by atoms with van der Waals surface area (Å²) in [4.78, 5) is 2.13. The molecule has 1 N–H and O–H groups in total. The lowest BCUT2D eigenvalue weighted by atomic mass is 9.97. The van der Waals surface area contributed by atoms with Crippen LogP contribution >= 0.6 is 0 Å². The van der Waals surface area contributed by atoms with E-state index in [1.54, 1.807) is 12.1 Å². The van der Waals surface area contributed by atoms with E-state index in [4.69, 9.17) is 0 Å². The van der Waals surface area contributed by atoms with Gasteiger partial charge < -0.3 is 4.90 Å². The van der Waals surface area contributed by atoms with E-state index in [0.29, 0.717) is 0 Å². The van der Waals surface area contributed by atoms with Gasteiger partial charge in [-0.15, -0.1) is 0 Å². The van der Waals surface area contributed by atoms with Crippen LogP contribution in [0.25, 0.3) is 0 Å². The average Bonchev–Trinajstić information content (AvgIpc) is 2.44. The lowest BCUT2D eigenvalue weighted by molar-refractivity contribution is 0.417. The molecule has 0 aromatic heterocycles. The fourth-order valence-corrected chi connectivity index (χ4v) is 2.34. The Bertz CT molecular complexity index is 455. The Labute approximate surface area is 121 Å². The molecule has 20 heavy (non-hydrogen) atoms. The van der Waals surface area contributed by atoms with Crippen LogP contribution in [0.4, 0.5) is 10.1 Å². The smallest absolute Gasteiger partial charge is 0.125 e. The molecule has 0 radical (unpaired) electrons. The summed E-state index contributed by atoms with van der Waals surface area (Å²) in [5.74, 6) is -0.213. The number of hydrogen-bond acceptors (Lipinski definition) is 3. The highest BCUT2D eigenvalue weighted by Crippen LogP contribution is 2.18. The van der Waals surface area contributed by atoms with Gasteiger partial charge in [-0.1, -0.05) is 13.0 Å². The Morgan fingerprint density at radius 2 is 2.15 bits per heavy atom. The van der Waals surface area contributed by atoms with Crippen LogP contribution in [0, 0.1) is 17.1 Å². The van der Waals surface area contributed by atoms with E-state index < -0.39 is 5.54 Å². The third kappa shape index (κ3) is 4.82. The fraction of sp³-hybridized carbons (Fsp3) is 0.562. The predicted octanol–water partition coefficient (Wildman–Crippen LogP) is 3.32. The Morgan fingerprint density at radius 1 is 1.40 bits per heavy atom. The maximum absolute atomic E-state index is 13.3. The van der Waals surface area contributed by atoms with Gasteiger partial charge in [0, 0.05) is 18.8 Å². The van der Waals surface area contributed by atoms with Crippen molar-refractivity contribution in [3.05, 3.63) is 30.1 Å². The van der Waals surface area contributed by atoms with Crippen molar-refractivity contribution in [2.24, 2.45) is 0 Å². The zero-order valence-corrected chi connectivity index (χ0v) is 12.6. The Kier molecular flexibility index (Phi) is 6.47. The van der Waals surface area contributed by atoms with Crippen molar-refractivity contribution < 1.29 is 4.39 Å². The molecule has 1 aromatic rings. The molecule has 0 aliphatic carbocycles. The predicted molar refractivity (Wildman–Crippen MR) is 81.2 cm³/mol. The van der Waals surface area contributed by atoms with Gasteiger partial charge in [0.1, 0.15) is 11.4 Å². The van der Waals surface area contributed by atoms with E-state index in [2.05, 4.69) is 23.2 Å². The first kappa shape index (κ1) is 16.5. The van der Waals surface area contributed by atoms with Gasteiger partial charge in [-0.3, -0.25) is 5.32 Å². The largest absolute Gasteiger partial charge is 0.372 e. The van der Waals surface area contributed by atoms with Gasteiger partial charge in [-0.25, -0.2) is 4.39 Å². The second-order valence-electron chi connectivity index (χ2n) is 5.14. The molecular weight excluding hydrogens is 253 g/mol. The Hall–Kier alpha value is -1.60. The molecule has 0 aliphatic heterocycles. The second kappa shape index (κ2) is 7.86. The fourth-order valence-electron chi connectivity index (χ4n) is 2.34. The van der Waals surface area contributed by atoms with Crippen LogP contribution in [0.5, 0.6) is 0 Å². The molecular formula is C16H24FN3. The van der Waals surface area contributed by atoms with Crippen LogP contribution in [-0.4, -0.2) is 25.2 Å². The second-order valence-corrected chi connectivity index (χ2v) is 5.14. The molecule has 0 aliphatic rings. The minimum Gasteiger partial charge on any atom is -0.372 e. The van der Waals surface area contributed by atoms with Gasteiger partial charge in [0.2, 0.25) is 0 Å². The molecule has 0 spiro atoms. The summed E-state index contributed by atoms with van der Waals surface area (Å²) in [6.45, 7) is 8.41. The van der Waals surface area contributed by atoms with Crippen molar-refractivity contribution in [2.75, 3.05) is 24.5 Å². The van der Waals surface area contributed by atoms with Gasteiger partial charge in [0.15, 0.2) is 0 Å². The van der Waals surface area contributed by atoms with Crippen molar-refractivity contribution >= 4 is 5.69 Å². The third-order valence-electron chi connectivity index (χ3n) is 3.47. The molecule has 0 fully saturated rings. The normalized spacial score (nSPS) is 13.6. The van der Waals surface area contributed by atoms with Crippen molar-refractivity contribution in [3.8, 4) is 6.07 Å². The van der Waals surface area contributed by atoms with Gasteiger partial charge in [0.25, 0.3) is 0 Å². The van der Waals surface area contributed by atoms with Gasteiger partial charge >= 0.3 is 0 Å². The molecule has 0 amide bonds. The highest BCUT2D eigenvalue weighted by Gasteiger charge is 2.21. The Morgan fingerprint density at radius 3 is 2.70 bits per heavy atom. The molecule has 1 rings (SSSR count). The quantitative estimate of drug-likeness (QED) is 0.792. The molecule has 0 saturated carbocycles. The van der Waals surface area contributed by atoms with Gasteiger partial charge in [-0.05, 0) is 51.4 Å². The summed E-state index contributed by atoms with van der Waals surface area (Å²) in [5.41, 5.74) is 0.422. The third-order valence-corrected chi connectivity index (χ3v) is 3.47. The molecule has 3 nitrogen and oxygen atoms in total. The lowest BCUT2D eigenvalue weighted by Gasteiger charge is -2.26. The van der Waals surface area contributed by atoms with Crippen LogP contribution in [0.1, 0.15) is 33.6 Å². The first-order valence-corrected chi connectivity index (χ1v) is 7.21. The molecule has 1 atom stereocenters. The zero-order chi connectivity index (χ0) is 15.0. The highest BCUT2D eigenvalue weighted by atomic mass is 19.1. The van der Waals surface area contributed by atoms with Crippen molar-refractivity contribution in [1.29, 1.82) is 5.26 Å². The number of hydrogen-bond donors (Lipinski definition) is 1. The SMILES string of the molecule is CCNC(C)(C#N)CCCN(CC)c1cccc(F)c1. The van der Waals surface area contributed by atoms with Gasteiger partial charge in [-0.2, -0.15) is 5.26 Å². The summed E-state index contributed by atoms with van der Waals surface area (Å²) in [6.07, 6.45) is 1.67. The number of rotatable bonds is 8. The molecule has 0 saturated heterocycles. The molecule has 1 aromatic carbocycles. The summed E-state index contributed by atoms with van der Waals surface area (Å²) in [6, 6.07) is 8.98. The summed E-state index contributed by atoms with van der Waals surface area (Å²) in [7, 11) is 0. The van der Waals surface area contributed by atoms with Crippen LogP contribution in [-0.2, 0) is 0 Å². The average molecular weight is 277 g/mol. The molecule has 0 bridgehead atoms. The summed E-state index contributed by atoms with van der Waals surface area (Å²) in [5, 5.41) is 12.4. The monoisotopic (exact) mass is 277 g/mol. The maximum atomic E-state index is 13.3. The number of nitrogens with one attached hydrogen (secondary N) is 1. The first-order valence-electron chi connectivity index (χ1n) is 7.21. The van der Waals surface area contributed by atoms with E-state index in [0.717, 1.165) is 38.2 Å². The van der Waals surface area contributed by atoms with Crippen LogP contribution in [0.3, 0.4) is 0 Å². The van der Waals surface area contributed by atoms with Gasteiger partial charge in [0.05, 0.1) is 6.07 Å². The molecule has 4 heteroatoms. The van der Waals surface area contributed by atoms with E-state index in [1.165, 1.54) is 6.07 Å². The summed E-state index contributed by atoms with van der Waals surface area (Å²) < 4.78 is 13.3. The number of nitrogens with zero attached hydrogens (tertiary/aromatic N) is 2. The van der Waals surface area contributed by atoms with Crippen molar-refractivity contribution in [1.82, 2.24) is 5.32 Å². The number of nitriles is 1. The lowest BCUT2D eigenvalue weighted by Crippen LogP contribution is -2.41. The van der Waals surface area contributed by atoms with Crippen molar-refractivity contribution in [2.45, 2.75) is 39.2 Å². The maximum Gasteiger partial charge on any atom is 0.125 e. The number of halogens is 1. The summed E-state index contributed by atoms with van der Waals surface area (Å²) >= 11 is 0. The highest BCUT2D eigenvalue weighted by molar-refractivity contribution is 5.46. The van der Waals surface area contributed by atoms with E-state index in [-0.39, 0.29) is 5.82 Å². The number of anilines is 1. The topological polar surface area (TPSA) is 39.1 Å². The van der Waals surface area contributed by atoms with E-state index in [9.17, 15) is 9.65 Å². The van der Waals surface area contributed by atoms with E-state index >= 15 is 0 Å². The van der Waals surface area contributed by atoms with Crippen LogP contribution < -0.4 is 10.2 Å². The van der Waals surface area contributed by atoms with Crippen LogP contribution in [0.2, 0.25) is 0 Å². The Balaban J connectivity index is 2.56. The minimum atomic E-state index is -0.476. The minimum absolute atomic E-state index is 0.213. The van der Waals surface area contributed by atoms with Crippen molar-refractivity contribution in [3.63, 3.8) is 0 Å². The first-order chi connectivity index (χ1) is 9.54. The molecule has 1 unspecified atom stereocenters. The number of benzene rings is 1. The molecule has 0 heterocycles. The van der Waals surface area contributed by atoms with E-state index in [1.807, 2.05) is 19.9 Å².